The Balaban J connectivity index is 1.38. The molecule has 1 spiro atoms. The normalized spacial score (nSPS) is 34.5. The van der Waals surface area contributed by atoms with E-state index in [9.17, 15) is 14.4 Å². The van der Waals surface area contributed by atoms with Crippen LogP contribution < -0.4 is 10.6 Å². The summed E-state index contributed by atoms with van der Waals surface area (Å²) in [6.45, 7) is 13.5. The molecule has 2 bridgehead atoms. The van der Waals surface area contributed by atoms with Crippen molar-refractivity contribution >= 4 is 17.8 Å². The summed E-state index contributed by atoms with van der Waals surface area (Å²) in [5.41, 5.74) is -0.271. The van der Waals surface area contributed by atoms with E-state index in [0.29, 0.717) is 24.7 Å². The standard InChI is InChI=1S/C25H41N3O3/c1-7-22(2,3)16-9-12-25(13-10-16)20(30)28(21(31)27-25)15-19(29)26-18-14-17-8-11-24(18,6)23(17,4)5/h16-18H,7-15H2,1-6H3,(H,26,29)(H,27,31). The van der Waals surface area contributed by atoms with Crippen molar-refractivity contribution in [3.05, 3.63) is 0 Å². The van der Waals surface area contributed by atoms with Gasteiger partial charge in [0.15, 0.2) is 0 Å². The van der Waals surface area contributed by atoms with Gasteiger partial charge >= 0.3 is 6.03 Å². The number of carbonyl (C=O) groups excluding carboxylic acids is 3. The zero-order valence-electron chi connectivity index (χ0n) is 20.3. The summed E-state index contributed by atoms with van der Waals surface area (Å²) in [7, 11) is 0. The number of rotatable bonds is 5. The molecular formula is C25H41N3O3. The lowest BCUT2D eigenvalue weighted by Gasteiger charge is -2.42. The highest BCUT2D eigenvalue weighted by Crippen LogP contribution is 2.65. The second-order valence-electron chi connectivity index (χ2n) is 12.3. The zero-order valence-corrected chi connectivity index (χ0v) is 20.3. The van der Waals surface area contributed by atoms with Gasteiger partial charge in [0.2, 0.25) is 5.91 Å². The molecule has 0 radical (unpaired) electrons. The number of fused-ring (bicyclic) bond motifs is 2. The molecule has 3 unspecified atom stereocenters. The van der Waals surface area contributed by atoms with Gasteiger partial charge in [-0.2, -0.15) is 0 Å². The van der Waals surface area contributed by atoms with Crippen LogP contribution in [0.15, 0.2) is 0 Å². The Labute approximate surface area is 187 Å². The van der Waals surface area contributed by atoms with Crippen molar-refractivity contribution in [1.29, 1.82) is 0 Å². The van der Waals surface area contributed by atoms with E-state index in [-0.39, 0.29) is 40.6 Å². The fourth-order valence-corrected chi connectivity index (χ4v) is 7.15. The van der Waals surface area contributed by atoms with Crippen molar-refractivity contribution in [3.63, 3.8) is 0 Å². The largest absolute Gasteiger partial charge is 0.351 e. The quantitative estimate of drug-likeness (QED) is 0.639. The van der Waals surface area contributed by atoms with Crippen LogP contribution in [0.5, 0.6) is 0 Å². The van der Waals surface area contributed by atoms with Crippen LogP contribution in [0.4, 0.5) is 4.79 Å². The second kappa shape index (κ2) is 7.21. The summed E-state index contributed by atoms with van der Waals surface area (Å²) in [5.74, 6) is 0.772. The summed E-state index contributed by atoms with van der Waals surface area (Å²) in [4.78, 5) is 40.0. The maximum atomic E-state index is 13.2. The minimum Gasteiger partial charge on any atom is -0.351 e. The van der Waals surface area contributed by atoms with Crippen LogP contribution in [0.2, 0.25) is 0 Å². The molecule has 6 heteroatoms. The monoisotopic (exact) mass is 431 g/mol. The van der Waals surface area contributed by atoms with Gasteiger partial charge in [0.1, 0.15) is 12.1 Å². The molecule has 0 aromatic heterocycles. The molecule has 4 aliphatic rings. The number of hydrogen-bond donors (Lipinski definition) is 2. The van der Waals surface area contributed by atoms with Gasteiger partial charge in [0.25, 0.3) is 5.91 Å². The molecule has 1 aliphatic heterocycles. The molecule has 4 fully saturated rings. The number of imide groups is 1. The Morgan fingerprint density at radius 3 is 2.29 bits per heavy atom. The van der Waals surface area contributed by atoms with Gasteiger partial charge in [-0.25, -0.2) is 4.79 Å². The average molecular weight is 432 g/mol. The topological polar surface area (TPSA) is 78.5 Å². The van der Waals surface area contributed by atoms with Crippen LogP contribution in [0.1, 0.15) is 92.9 Å². The van der Waals surface area contributed by atoms with E-state index in [4.69, 9.17) is 0 Å². The van der Waals surface area contributed by atoms with Crippen LogP contribution in [-0.2, 0) is 9.59 Å². The van der Waals surface area contributed by atoms with Crippen LogP contribution in [0.3, 0.4) is 0 Å². The van der Waals surface area contributed by atoms with E-state index >= 15 is 0 Å². The van der Waals surface area contributed by atoms with Gasteiger partial charge in [0.05, 0.1) is 0 Å². The highest BCUT2D eigenvalue weighted by molar-refractivity contribution is 6.09. The third kappa shape index (κ3) is 3.31. The lowest BCUT2D eigenvalue weighted by molar-refractivity contribution is -0.136. The van der Waals surface area contributed by atoms with Crippen LogP contribution in [0.25, 0.3) is 0 Å². The van der Waals surface area contributed by atoms with Crippen molar-refractivity contribution in [2.45, 2.75) is 104 Å². The van der Waals surface area contributed by atoms with Crippen LogP contribution >= 0.6 is 0 Å². The fraction of sp³-hybridized carbons (Fsp3) is 0.880. The second-order valence-corrected chi connectivity index (χ2v) is 12.3. The van der Waals surface area contributed by atoms with Crippen LogP contribution in [-0.4, -0.2) is 40.9 Å². The molecule has 4 amide bonds. The molecule has 0 aromatic carbocycles. The molecule has 3 atom stereocenters. The SMILES string of the molecule is CCC(C)(C)C1CCC2(CC1)NC(=O)N(CC(=O)NC1CC3CCC1(C)C3(C)C)C2=O. The van der Waals surface area contributed by atoms with E-state index in [1.54, 1.807) is 0 Å². The summed E-state index contributed by atoms with van der Waals surface area (Å²) >= 11 is 0. The first-order valence-electron chi connectivity index (χ1n) is 12.3. The zero-order chi connectivity index (χ0) is 22.8. The summed E-state index contributed by atoms with van der Waals surface area (Å²) < 4.78 is 0. The van der Waals surface area contributed by atoms with Gasteiger partial charge in [-0.1, -0.05) is 48.0 Å². The van der Waals surface area contributed by atoms with Crippen molar-refractivity contribution in [1.82, 2.24) is 15.5 Å². The number of nitrogens with zero attached hydrogens (tertiary/aromatic N) is 1. The minimum absolute atomic E-state index is 0.0797. The van der Waals surface area contributed by atoms with E-state index in [1.807, 2.05) is 0 Å². The Bertz CT molecular complexity index is 781. The fourth-order valence-electron chi connectivity index (χ4n) is 7.15. The minimum atomic E-state index is -0.807. The Morgan fingerprint density at radius 1 is 1.13 bits per heavy atom. The molecule has 1 saturated heterocycles. The molecule has 174 valence electrons. The smallest absolute Gasteiger partial charge is 0.325 e. The Morgan fingerprint density at radius 2 is 1.77 bits per heavy atom. The first-order valence-corrected chi connectivity index (χ1v) is 12.3. The number of hydrogen-bond acceptors (Lipinski definition) is 3. The van der Waals surface area contributed by atoms with Crippen molar-refractivity contribution in [2.75, 3.05) is 6.54 Å². The van der Waals surface area contributed by atoms with Crippen LogP contribution in [0, 0.1) is 28.1 Å². The Kier molecular flexibility index (Phi) is 5.26. The average Bonchev–Trinajstić information content (AvgIpc) is 3.15. The van der Waals surface area contributed by atoms with E-state index < -0.39 is 11.6 Å². The van der Waals surface area contributed by atoms with Crippen molar-refractivity contribution in [3.8, 4) is 0 Å². The summed E-state index contributed by atoms with van der Waals surface area (Å²) in [6.07, 6.45) is 7.65. The van der Waals surface area contributed by atoms with Crippen molar-refractivity contribution in [2.24, 2.45) is 28.1 Å². The van der Waals surface area contributed by atoms with Gasteiger partial charge in [-0.3, -0.25) is 14.5 Å². The highest BCUT2D eigenvalue weighted by atomic mass is 16.2. The first kappa shape index (κ1) is 22.6. The van der Waals surface area contributed by atoms with E-state index in [1.165, 1.54) is 6.42 Å². The molecule has 6 nitrogen and oxygen atoms in total. The van der Waals surface area contributed by atoms with Crippen molar-refractivity contribution < 1.29 is 14.4 Å². The molecule has 1 heterocycles. The molecule has 31 heavy (non-hydrogen) atoms. The van der Waals surface area contributed by atoms with Gasteiger partial charge in [-0.15, -0.1) is 0 Å². The summed E-state index contributed by atoms with van der Waals surface area (Å²) in [6, 6.07) is -0.289. The van der Waals surface area contributed by atoms with Gasteiger partial charge < -0.3 is 10.6 Å². The number of carbonyl (C=O) groups is 3. The lowest BCUT2D eigenvalue weighted by atomic mass is 9.65. The number of urea groups is 1. The molecule has 3 saturated carbocycles. The molecule has 4 rings (SSSR count). The molecule has 0 aromatic rings. The predicted molar refractivity (Wildman–Crippen MR) is 120 cm³/mol. The first-order chi connectivity index (χ1) is 14.4. The van der Waals surface area contributed by atoms with Gasteiger partial charge in [0, 0.05) is 6.04 Å². The maximum Gasteiger partial charge on any atom is 0.325 e. The summed E-state index contributed by atoms with van der Waals surface area (Å²) in [5, 5.41) is 6.15. The molecule has 2 N–H and O–H groups in total. The number of amides is 4. The Hall–Kier alpha value is -1.59. The molecular weight excluding hydrogens is 390 g/mol. The number of nitrogens with one attached hydrogen (secondary N) is 2. The van der Waals surface area contributed by atoms with Gasteiger partial charge in [-0.05, 0) is 73.0 Å². The van der Waals surface area contributed by atoms with E-state index in [0.717, 1.165) is 37.0 Å². The predicted octanol–water partition coefficient (Wildman–Crippen LogP) is 4.23. The third-order valence-electron chi connectivity index (χ3n) is 10.5. The molecule has 3 aliphatic carbocycles. The third-order valence-corrected chi connectivity index (χ3v) is 10.5. The van der Waals surface area contributed by atoms with E-state index in [2.05, 4.69) is 52.2 Å². The maximum absolute atomic E-state index is 13.2. The highest BCUT2D eigenvalue weighted by Gasteiger charge is 2.62. The lowest BCUT2D eigenvalue weighted by Crippen LogP contribution is -2.52.